The van der Waals surface area contributed by atoms with Gasteiger partial charge in [-0.1, -0.05) is 23.2 Å². The summed E-state index contributed by atoms with van der Waals surface area (Å²) >= 11 is 11.7. The van der Waals surface area contributed by atoms with E-state index < -0.39 is 4.92 Å². The fourth-order valence-electron chi connectivity index (χ4n) is 1.93. The van der Waals surface area contributed by atoms with Gasteiger partial charge < -0.3 is 9.64 Å². The van der Waals surface area contributed by atoms with E-state index in [4.69, 9.17) is 27.9 Å². The summed E-state index contributed by atoms with van der Waals surface area (Å²) in [6, 6.07) is 10.6. The Balaban J connectivity index is 1.94. The second-order valence-electron chi connectivity index (χ2n) is 4.95. The van der Waals surface area contributed by atoms with Crippen molar-refractivity contribution >= 4 is 34.8 Å². The summed E-state index contributed by atoms with van der Waals surface area (Å²) in [5.41, 5.74) is 0.0431. The Labute approximate surface area is 148 Å². The summed E-state index contributed by atoms with van der Waals surface area (Å²) < 4.78 is 5.52. The van der Waals surface area contributed by atoms with Crippen LogP contribution in [-0.2, 0) is 0 Å². The molecule has 0 aliphatic heterocycles. The maximum absolute atomic E-state index is 12.3. The molecular formula is C16H14Cl2N2O4. The number of likely N-dealkylation sites (N-methyl/N-ethyl adjacent to an activating group) is 1. The van der Waals surface area contributed by atoms with Crippen molar-refractivity contribution in [3.63, 3.8) is 0 Å². The number of halogens is 2. The number of nitro groups is 1. The molecule has 24 heavy (non-hydrogen) atoms. The van der Waals surface area contributed by atoms with Crippen molar-refractivity contribution in [2.45, 2.75) is 0 Å². The van der Waals surface area contributed by atoms with Crippen molar-refractivity contribution in [2.75, 3.05) is 20.2 Å². The Kier molecular flexibility index (Phi) is 6.00. The van der Waals surface area contributed by atoms with Crippen LogP contribution in [0.15, 0.2) is 42.5 Å². The van der Waals surface area contributed by atoms with Crippen LogP contribution in [0.2, 0.25) is 10.0 Å². The highest BCUT2D eigenvalue weighted by Crippen LogP contribution is 2.23. The standard InChI is InChI=1S/C16H14Cl2N2O4/c1-19(8-9-24-13-5-2-11(17)3-6-13)16(21)14-7-4-12(20(22)23)10-15(14)18/h2-7,10H,8-9H2,1H3. The molecule has 2 aromatic rings. The second-order valence-corrected chi connectivity index (χ2v) is 5.79. The molecule has 0 heterocycles. The number of nitrogens with zero attached hydrogens (tertiary/aromatic N) is 2. The average molecular weight is 369 g/mol. The number of carbonyl (C=O) groups is 1. The van der Waals surface area contributed by atoms with Crippen LogP contribution < -0.4 is 4.74 Å². The van der Waals surface area contributed by atoms with Gasteiger partial charge in [0.2, 0.25) is 0 Å². The lowest BCUT2D eigenvalue weighted by Gasteiger charge is -2.18. The Morgan fingerprint density at radius 1 is 1.21 bits per heavy atom. The summed E-state index contributed by atoms with van der Waals surface area (Å²) in [5, 5.41) is 11.3. The van der Waals surface area contributed by atoms with Crippen LogP contribution in [0.25, 0.3) is 0 Å². The van der Waals surface area contributed by atoms with E-state index in [1.54, 1.807) is 31.3 Å². The molecule has 0 radical (unpaired) electrons. The van der Waals surface area contributed by atoms with Gasteiger partial charge >= 0.3 is 0 Å². The summed E-state index contributed by atoms with van der Waals surface area (Å²) in [4.78, 5) is 23.9. The molecule has 0 saturated carbocycles. The molecular weight excluding hydrogens is 355 g/mol. The van der Waals surface area contributed by atoms with Crippen LogP contribution in [0.1, 0.15) is 10.4 Å². The first-order chi connectivity index (χ1) is 11.4. The van der Waals surface area contributed by atoms with Gasteiger partial charge in [-0.05, 0) is 30.3 Å². The number of hydrogen-bond donors (Lipinski definition) is 0. The van der Waals surface area contributed by atoms with Crippen LogP contribution >= 0.6 is 23.2 Å². The van der Waals surface area contributed by atoms with Crippen molar-refractivity contribution < 1.29 is 14.5 Å². The van der Waals surface area contributed by atoms with Crippen LogP contribution in [0.3, 0.4) is 0 Å². The summed E-state index contributed by atoms with van der Waals surface area (Å²) in [7, 11) is 1.60. The van der Waals surface area contributed by atoms with Crippen LogP contribution in [0.5, 0.6) is 5.75 Å². The molecule has 0 saturated heterocycles. The van der Waals surface area contributed by atoms with E-state index in [-0.39, 0.29) is 28.8 Å². The molecule has 0 fully saturated rings. The number of carbonyl (C=O) groups excluding carboxylic acids is 1. The zero-order valence-electron chi connectivity index (χ0n) is 12.7. The number of ether oxygens (including phenoxy) is 1. The zero-order valence-corrected chi connectivity index (χ0v) is 14.3. The normalized spacial score (nSPS) is 10.3. The summed E-state index contributed by atoms with van der Waals surface area (Å²) in [6.07, 6.45) is 0. The Morgan fingerprint density at radius 2 is 1.88 bits per heavy atom. The second kappa shape index (κ2) is 7.99. The largest absolute Gasteiger partial charge is 0.492 e. The topological polar surface area (TPSA) is 72.7 Å². The maximum Gasteiger partial charge on any atom is 0.270 e. The number of amides is 1. The molecule has 0 spiro atoms. The first-order valence-electron chi connectivity index (χ1n) is 6.96. The monoisotopic (exact) mass is 368 g/mol. The predicted molar refractivity (Wildman–Crippen MR) is 92.0 cm³/mol. The van der Waals surface area contributed by atoms with Gasteiger partial charge in [0.15, 0.2) is 0 Å². The highest BCUT2D eigenvalue weighted by molar-refractivity contribution is 6.34. The summed E-state index contributed by atoms with van der Waals surface area (Å²) in [5.74, 6) is 0.309. The minimum absolute atomic E-state index is 0.0414. The fourth-order valence-corrected chi connectivity index (χ4v) is 2.31. The lowest BCUT2D eigenvalue weighted by molar-refractivity contribution is -0.384. The smallest absolute Gasteiger partial charge is 0.270 e. The summed E-state index contributed by atoms with van der Waals surface area (Å²) in [6.45, 7) is 0.614. The van der Waals surface area contributed by atoms with Crippen LogP contribution in [0.4, 0.5) is 5.69 Å². The minimum atomic E-state index is -0.566. The molecule has 8 heteroatoms. The van der Waals surface area contributed by atoms with Gasteiger partial charge in [0.05, 0.1) is 22.1 Å². The number of non-ortho nitro benzene ring substituents is 1. The van der Waals surface area contributed by atoms with E-state index in [1.165, 1.54) is 17.0 Å². The van der Waals surface area contributed by atoms with Gasteiger partial charge in [-0.25, -0.2) is 0 Å². The number of hydrogen-bond acceptors (Lipinski definition) is 4. The van der Waals surface area contributed by atoms with Gasteiger partial charge in [-0.3, -0.25) is 14.9 Å². The van der Waals surface area contributed by atoms with Crippen molar-refractivity contribution in [1.82, 2.24) is 4.90 Å². The Hall–Kier alpha value is -2.31. The lowest BCUT2D eigenvalue weighted by Crippen LogP contribution is -2.31. The highest BCUT2D eigenvalue weighted by atomic mass is 35.5. The van der Waals surface area contributed by atoms with Crippen molar-refractivity contribution in [2.24, 2.45) is 0 Å². The lowest BCUT2D eigenvalue weighted by atomic mass is 10.2. The Morgan fingerprint density at radius 3 is 2.46 bits per heavy atom. The van der Waals surface area contributed by atoms with Gasteiger partial charge in [0.1, 0.15) is 12.4 Å². The maximum atomic E-state index is 12.3. The molecule has 0 atom stereocenters. The van der Waals surface area contributed by atoms with E-state index in [9.17, 15) is 14.9 Å². The molecule has 0 aliphatic rings. The van der Waals surface area contributed by atoms with E-state index >= 15 is 0 Å². The molecule has 2 rings (SSSR count). The molecule has 2 aromatic carbocycles. The molecule has 0 bridgehead atoms. The SMILES string of the molecule is CN(CCOc1ccc(Cl)cc1)C(=O)c1ccc([N+](=O)[O-])cc1Cl. The third-order valence-corrected chi connectivity index (χ3v) is 3.81. The molecule has 126 valence electrons. The molecule has 0 unspecified atom stereocenters. The van der Waals surface area contributed by atoms with Gasteiger partial charge in [0.25, 0.3) is 11.6 Å². The number of nitro benzene ring substituents is 1. The fraction of sp³-hybridized carbons (Fsp3) is 0.188. The molecule has 0 N–H and O–H groups in total. The van der Waals surface area contributed by atoms with Crippen molar-refractivity contribution in [3.05, 3.63) is 68.2 Å². The third kappa shape index (κ3) is 4.59. The first-order valence-corrected chi connectivity index (χ1v) is 7.72. The van der Waals surface area contributed by atoms with Gasteiger partial charge in [0, 0.05) is 24.2 Å². The number of rotatable bonds is 6. The Bertz CT molecular complexity index is 750. The first kappa shape index (κ1) is 18.0. The molecule has 6 nitrogen and oxygen atoms in total. The highest BCUT2D eigenvalue weighted by Gasteiger charge is 2.18. The van der Waals surface area contributed by atoms with E-state index in [2.05, 4.69) is 0 Å². The molecule has 0 aliphatic carbocycles. The van der Waals surface area contributed by atoms with Crippen molar-refractivity contribution in [1.29, 1.82) is 0 Å². The molecule has 0 aromatic heterocycles. The van der Waals surface area contributed by atoms with E-state index in [1.807, 2.05) is 0 Å². The third-order valence-electron chi connectivity index (χ3n) is 3.25. The number of benzene rings is 2. The van der Waals surface area contributed by atoms with E-state index in [0.717, 1.165) is 6.07 Å². The van der Waals surface area contributed by atoms with Crippen molar-refractivity contribution in [3.8, 4) is 5.75 Å². The quantitative estimate of drug-likeness (QED) is 0.569. The van der Waals surface area contributed by atoms with Crippen LogP contribution in [0, 0.1) is 10.1 Å². The molecule has 1 amide bonds. The zero-order chi connectivity index (χ0) is 17.7. The minimum Gasteiger partial charge on any atom is -0.492 e. The van der Waals surface area contributed by atoms with Crippen LogP contribution in [-0.4, -0.2) is 35.9 Å². The predicted octanol–water partition coefficient (Wildman–Crippen LogP) is 4.05. The van der Waals surface area contributed by atoms with E-state index in [0.29, 0.717) is 17.3 Å². The average Bonchev–Trinajstić information content (AvgIpc) is 2.55. The van der Waals surface area contributed by atoms with Gasteiger partial charge in [-0.2, -0.15) is 0 Å². The van der Waals surface area contributed by atoms with Gasteiger partial charge in [-0.15, -0.1) is 0 Å².